The smallest absolute Gasteiger partial charge is 0.174 e. The van der Waals surface area contributed by atoms with Gasteiger partial charge < -0.3 is 19.7 Å². The van der Waals surface area contributed by atoms with Gasteiger partial charge in [-0.25, -0.2) is 0 Å². The van der Waals surface area contributed by atoms with Crippen LogP contribution in [0.1, 0.15) is 61.3 Å². The minimum absolute atomic E-state index is 0.00296. The lowest BCUT2D eigenvalue weighted by molar-refractivity contribution is -0.336. The molecule has 1 saturated heterocycles. The SMILES string of the molecule is CC(C)CC(C)(C(O)OC1C2OC(O)C3(C#N)CC1(C)C23)C(C)(C)C. The van der Waals surface area contributed by atoms with E-state index in [1.807, 2.05) is 0 Å². The zero-order valence-electron chi connectivity index (χ0n) is 16.5. The molecule has 3 aliphatic rings. The summed E-state index contributed by atoms with van der Waals surface area (Å²) >= 11 is 0. The highest BCUT2D eigenvalue weighted by atomic mass is 16.7. The lowest BCUT2D eigenvalue weighted by atomic mass is 9.36. The summed E-state index contributed by atoms with van der Waals surface area (Å²) in [4.78, 5) is 0. The van der Waals surface area contributed by atoms with Crippen LogP contribution in [0.2, 0.25) is 0 Å². The van der Waals surface area contributed by atoms with Crippen molar-refractivity contribution in [1.29, 1.82) is 5.26 Å². The van der Waals surface area contributed by atoms with Crippen LogP contribution in [0.3, 0.4) is 0 Å². The molecule has 5 heteroatoms. The molecule has 3 fully saturated rings. The Morgan fingerprint density at radius 2 is 1.92 bits per heavy atom. The van der Waals surface area contributed by atoms with Crippen molar-refractivity contribution in [3.63, 3.8) is 0 Å². The van der Waals surface area contributed by atoms with E-state index in [0.29, 0.717) is 12.3 Å². The highest BCUT2D eigenvalue weighted by Crippen LogP contribution is 2.76. The molecule has 2 aliphatic carbocycles. The summed E-state index contributed by atoms with van der Waals surface area (Å²) in [5.74, 6) is 0.440. The molecule has 3 rings (SSSR count). The van der Waals surface area contributed by atoms with Crippen LogP contribution >= 0.6 is 0 Å². The van der Waals surface area contributed by atoms with Crippen molar-refractivity contribution in [3.05, 3.63) is 0 Å². The molecule has 8 atom stereocenters. The Balaban J connectivity index is 1.78. The molecular formula is C20H33NO4. The van der Waals surface area contributed by atoms with Gasteiger partial charge in [0.05, 0.1) is 18.3 Å². The first-order valence-electron chi connectivity index (χ1n) is 9.42. The maximum Gasteiger partial charge on any atom is 0.174 e. The predicted octanol–water partition coefficient (Wildman–Crippen LogP) is 3.06. The minimum Gasteiger partial charge on any atom is -0.367 e. The van der Waals surface area contributed by atoms with Crippen LogP contribution in [0.4, 0.5) is 0 Å². The molecule has 2 saturated carbocycles. The van der Waals surface area contributed by atoms with Gasteiger partial charge in [-0.1, -0.05) is 48.5 Å². The Morgan fingerprint density at radius 3 is 2.40 bits per heavy atom. The number of aliphatic hydroxyl groups excluding tert-OH is 2. The minimum atomic E-state index is -1.05. The summed E-state index contributed by atoms with van der Waals surface area (Å²) in [5, 5.41) is 30.7. The van der Waals surface area contributed by atoms with E-state index in [1.165, 1.54) is 0 Å². The van der Waals surface area contributed by atoms with Crippen LogP contribution < -0.4 is 0 Å². The fourth-order valence-electron chi connectivity index (χ4n) is 5.66. The zero-order valence-corrected chi connectivity index (χ0v) is 16.5. The van der Waals surface area contributed by atoms with Crippen molar-refractivity contribution in [2.45, 2.75) is 86.1 Å². The normalized spacial score (nSPS) is 45.8. The molecule has 8 unspecified atom stereocenters. The standard InChI is InChI=1S/C20H33NO4/c1-11(2)8-19(7,17(3,4)5)15(22)25-14-12-13-18(14,6)9-20(13,10-21)16(23)24-12/h11-16,22-23H,8-9H2,1-7H3. The van der Waals surface area contributed by atoms with Gasteiger partial charge in [0.15, 0.2) is 12.6 Å². The Labute approximate surface area is 151 Å². The summed E-state index contributed by atoms with van der Waals surface area (Å²) < 4.78 is 11.9. The number of hydrogen-bond donors (Lipinski definition) is 2. The predicted molar refractivity (Wildman–Crippen MR) is 93.0 cm³/mol. The molecule has 0 aromatic rings. The van der Waals surface area contributed by atoms with Crippen LogP contribution in [-0.4, -0.2) is 35.0 Å². The summed E-state index contributed by atoms with van der Waals surface area (Å²) in [7, 11) is 0. The fraction of sp³-hybridized carbons (Fsp3) is 0.950. The molecule has 5 nitrogen and oxygen atoms in total. The van der Waals surface area contributed by atoms with Crippen LogP contribution in [0, 0.1) is 44.8 Å². The third kappa shape index (κ3) is 2.27. The van der Waals surface area contributed by atoms with E-state index in [2.05, 4.69) is 54.5 Å². The molecule has 0 radical (unpaired) electrons. The van der Waals surface area contributed by atoms with E-state index >= 15 is 0 Å². The van der Waals surface area contributed by atoms with E-state index in [9.17, 15) is 15.5 Å². The van der Waals surface area contributed by atoms with Gasteiger partial charge in [-0.15, -0.1) is 0 Å². The van der Waals surface area contributed by atoms with Crippen LogP contribution in [0.5, 0.6) is 0 Å². The maximum absolute atomic E-state index is 11.0. The third-order valence-electron chi connectivity index (χ3n) is 7.52. The van der Waals surface area contributed by atoms with Crippen molar-refractivity contribution in [3.8, 4) is 6.07 Å². The Hall–Kier alpha value is -0.670. The monoisotopic (exact) mass is 351 g/mol. The van der Waals surface area contributed by atoms with Crippen molar-refractivity contribution < 1.29 is 19.7 Å². The van der Waals surface area contributed by atoms with Gasteiger partial charge in [0.1, 0.15) is 5.41 Å². The molecule has 0 aromatic carbocycles. The highest BCUT2D eigenvalue weighted by molar-refractivity contribution is 5.33. The van der Waals surface area contributed by atoms with E-state index in [1.54, 1.807) is 0 Å². The number of ether oxygens (including phenoxy) is 2. The summed E-state index contributed by atoms with van der Waals surface area (Å²) in [5.41, 5.74) is -1.52. The second-order valence-electron chi connectivity index (χ2n) is 10.4. The Bertz CT molecular complexity index is 593. The molecule has 0 bridgehead atoms. The van der Waals surface area contributed by atoms with Gasteiger partial charge in [-0.2, -0.15) is 5.26 Å². The van der Waals surface area contributed by atoms with E-state index < -0.39 is 23.4 Å². The van der Waals surface area contributed by atoms with Crippen molar-refractivity contribution >= 4 is 0 Å². The van der Waals surface area contributed by atoms with Crippen molar-refractivity contribution in [2.24, 2.45) is 33.5 Å². The van der Waals surface area contributed by atoms with Crippen LogP contribution in [-0.2, 0) is 9.47 Å². The molecule has 2 N–H and O–H groups in total. The molecule has 1 heterocycles. The number of nitriles is 1. The van der Waals surface area contributed by atoms with E-state index in [4.69, 9.17) is 9.47 Å². The van der Waals surface area contributed by atoms with E-state index in [0.717, 1.165) is 6.42 Å². The number of nitrogens with zero attached hydrogens (tertiary/aromatic N) is 1. The third-order valence-corrected chi connectivity index (χ3v) is 7.52. The molecular weight excluding hydrogens is 318 g/mol. The molecule has 1 aliphatic heterocycles. The number of aliphatic hydroxyl groups is 2. The molecule has 142 valence electrons. The second kappa shape index (κ2) is 5.42. The average Bonchev–Trinajstić information content (AvgIpc) is 2.62. The lowest BCUT2D eigenvalue weighted by Gasteiger charge is -2.68. The highest BCUT2D eigenvalue weighted by Gasteiger charge is 2.83. The summed E-state index contributed by atoms with van der Waals surface area (Å²) in [6.07, 6.45) is -1.13. The van der Waals surface area contributed by atoms with Gasteiger partial charge in [0.25, 0.3) is 0 Å². The Kier molecular flexibility index (Phi) is 4.14. The van der Waals surface area contributed by atoms with Gasteiger partial charge >= 0.3 is 0 Å². The first kappa shape index (κ1) is 19.1. The van der Waals surface area contributed by atoms with Crippen LogP contribution in [0.15, 0.2) is 0 Å². The second-order valence-corrected chi connectivity index (χ2v) is 10.4. The first-order chi connectivity index (χ1) is 11.3. The summed E-state index contributed by atoms with van der Waals surface area (Å²) in [6, 6.07) is 2.27. The van der Waals surface area contributed by atoms with Gasteiger partial charge in [0.2, 0.25) is 0 Å². The zero-order chi connectivity index (χ0) is 19.0. The van der Waals surface area contributed by atoms with Crippen LogP contribution in [0.25, 0.3) is 0 Å². The van der Waals surface area contributed by atoms with E-state index in [-0.39, 0.29) is 29.0 Å². The molecule has 0 spiro atoms. The first-order valence-corrected chi connectivity index (χ1v) is 9.42. The quantitative estimate of drug-likeness (QED) is 0.744. The fourth-order valence-corrected chi connectivity index (χ4v) is 5.66. The van der Waals surface area contributed by atoms with Gasteiger partial charge in [0, 0.05) is 16.7 Å². The Morgan fingerprint density at radius 1 is 1.32 bits per heavy atom. The molecule has 25 heavy (non-hydrogen) atoms. The lowest BCUT2D eigenvalue weighted by Crippen LogP contribution is -2.75. The molecule has 0 aromatic heterocycles. The largest absolute Gasteiger partial charge is 0.367 e. The topological polar surface area (TPSA) is 82.7 Å². The van der Waals surface area contributed by atoms with Gasteiger partial charge in [-0.3, -0.25) is 0 Å². The van der Waals surface area contributed by atoms with Gasteiger partial charge in [-0.05, 0) is 24.2 Å². The average molecular weight is 351 g/mol. The molecule has 0 amide bonds. The number of rotatable bonds is 5. The van der Waals surface area contributed by atoms with Crippen molar-refractivity contribution in [1.82, 2.24) is 0 Å². The number of hydrogen-bond acceptors (Lipinski definition) is 5. The maximum atomic E-state index is 11.0. The van der Waals surface area contributed by atoms with Crippen molar-refractivity contribution in [2.75, 3.05) is 0 Å². The summed E-state index contributed by atoms with van der Waals surface area (Å²) in [6.45, 7) is 14.9.